The third-order valence-electron chi connectivity index (χ3n) is 4.58. The fourth-order valence-electron chi connectivity index (χ4n) is 3.08. The van der Waals surface area contributed by atoms with Crippen LogP contribution in [0, 0.1) is 0 Å². The van der Waals surface area contributed by atoms with Gasteiger partial charge in [-0.2, -0.15) is 0 Å². The number of ether oxygens (including phenoxy) is 2. The molecule has 10 nitrogen and oxygen atoms in total. The molecule has 0 radical (unpaired) electrons. The number of esters is 1. The Labute approximate surface area is 201 Å². The zero-order valence-electron chi connectivity index (χ0n) is 20.7. The first-order chi connectivity index (χ1) is 16.0. The number of hydrogen-bond acceptors (Lipinski definition) is 7. The molecule has 0 aromatic heterocycles. The Hall–Kier alpha value is -3.30. The number of amides is 3. The Morgan fingerprint density at radius 3 is 2.35 bits per heavy atom. The van der Waals surface area contributed by atoms with Crippen LogP contribution in [0.5, 0.6) is 5.75 Å². The van der Waals surface area contributed by atoms with E-state index in [1.165, 1.54) is 11.0 Å². The van der Waals surface area contributed by atoms with Gasteiger partial charge in [-0.05, 0) is 40.2 Å². The minimum absolute atomic E-state index is 0.00767. The second-order valence-corrected chi connectivity index (χ2v) is 8.60. The number of benzene rings is 1. The summed E-state index contributed by atoms with van der Waals surface area (Å²) in [7, 11) is 0. The predicted octanol–water partition coefficient (Wildman–Crippen LogP) is 2.66. The Kier molecular flexibility index (Phi) is 11.9. The maximum atomic E-state index is 13.2. The molecule has 1 aromatic carbocycles. The summed E-state index contributed by atoms with van der Waals surface area (Å²) >= 11 is 0. The Balaban J connectivity index is 3.11. The molecule has 0 bridgehead atoms. The highest BCUT2D eigenvalue weighted by molar-refractivity contribution is 5.91. The van der Waals surface area contributed by atoms with Gasteiger partial charge in [-0.3, -0.25) is 14.4 Å². The van der Waals surface area contributed by atoms with Crippen LogP contribution in [-0.4, -0.2) is 65.7 Å². The summed E-state index contributed by atoms with van der Waals surface area (Å²) in [5.41, 5.74) is -0.496. The molecule has 1 atom stereocenters. The van der Waals surface area contributed by atoms with Gasteiger partial charge in [0.05, 0.1) is 13.0 Å². The van der Waals surface area contributed by atoms with Gasteiger partial charge in [0.15, 0.2) is 0 Å². The van der Waals surface area contributed by atoms with Gasteiger partial charge in [-0.25, -0.2) is 4.79 Å². The van der Waals surface area contributed by atoms with Gasteiger partial charge in [0.1, 0.15) is 23.9 Å². The van der Waals surface area contributed by atoms with E-state index < -0.39 is 42.1 Å². The smallest absolute Gasteiger partial charge is 0.408 e. The highest BCUT2D eigenvalue weighted by atomic mass is 16.6. The first-order valence-electron chi connectivity index (χ1n) is 11.5. The maximum absolute atomic E-state index is 13.2. The zero-order valence-corrected chi connectivity index (χ0v) is 20.7. The molecule has 10 heteroatoms. The summed E-state index contributed by atoms with van der Waals surface area (Å²) in [6.07, 6.45) is 0.560. The number of rotatable bonds is 12. The van der Waals surface area contributed by atoms with E-state index in [1.54, 1.807) is 45.9 Å². The molecule has 34 heavy (non-hydrogen) atoms. The molecule has 1 rings (SSSR count). The molecule has 3 N–H and O–H groups in total. The lowest BCUT2D eigenvalue weighted by atomic mass is 10.0. The molecule has 3 amide bonds. The van der Waals surface area contributed by atoms with Crippen LogP contribution in [0.15, 0.2) is 24.3 Å². The minimum atomic E-state index is -1.16. The standard InChI is InChI=1S/C24H37N3O7/c1-6-8-15-27(19(29)16-26-23(32)34-24(3,4)5)21(17-11-9-10-12-18(17)28)22(31)25-14-13-20(30)33-7-2/h9-12,21,28H,6-8,13-16H2,1-5H3,(H,25,31)(H,26,32). The topological polar surface area (TPSA) is 134 Å². The van der Waals surface area contributed by atoms with E-state index in [0.29, 0.717) is 6.42 Å². The summed E-state index contributed by atoms with van der Waals surface area (Å²) in [6.45, 7) is 8.81. The van der Waals surface area contributed by atoms with Crippen molar-refractivity contribution in [2.24, 2.45) is 0 Å². The molecular formula is C24H37N3O7. The van der Waals surface area contributed by atoms with Crippen LogP contribution in [0.1, 0.15) is 65.5 Å². The van der Waals surface area contributed by atoms with Crippen LogP contribution < -0.4 is 10.6 Å². The minimum Gasteiger partial charge on any atom is -0.508 e. The molecule has 0 heterocycles. The quantitative estimate of drug-likeness (QED) is 0.392. The SMILES string of the molecule is CCCCN(C(=O)CNC(=O)OC(C)(C)C)C(C(=O)NCCC(=O)OCC)c1ccccc1O. The Morgan fingerprint density at radius 1 is 1.09 bits per heavy atom. The van der Waals surface area contributed by atoms with Crippen LogP contribution in [0.25, 0.3) is 0 Å². The van der Waals surface area contributed by atoms with Crippen LogP contribution >= 0.6 is 0 Å². The van der Waals surface area contributed by atoms with E-state index in [4.69, 9.17) is 9.47 Å². The summed E-state index contributed by atoms with van der Waals surface area (Å²) in [5, 5.41) is 15.5. The number of phenolic OH excluding ortho intramolecular Hbond substituents is 1. The lowest BCUT2D eigenvalue weighted by Crippen LogP contribution is -2.48. The number of alkyl carbamates (subject to hydrolysis) is 1. The number of aromatic hydroxyl groups is 1. The maximum Gasteiger partial charge on any atom is 0.408 e. The number of nitrogens with one attached hydrogen (secondary N) is 2. The van der Waals surface area contributed by atoms with Gasteiger partial charge < -0.3 is 30.1 Å². The number of para-hydroxylation sites is 1. The number of carbonyl (C=O) groups is 4. The van der Waals surface area contributed by atoms with Crippen molar-refractivity contribution >= 4 is 23.9 Å². The number of carbonyl (C=O) groups excluding carboxylic acids is 4. The molecule has 0 aliphatic rings. The molecule has 1 aromatic rings. The number of phenols is 1. The average Bonchev–Trinajstić information content (AvgIpc) is 2.74. The van der Waals surface area contributed by atoms with Crippen molar-refractivity contribution < 1.29 is 33.8 Å². The Bertz CT molecular complexity index is 836. The van der Waals surface area contributed by atoms with E-state index in [2.05, 4.69) is 10.6 Å². The molecule has 190 valence electrons. The first kappa shape index (κ1) is 28.7. The van der Waals surface area contributed by atoms with Crippen molar-refractivity contribution in [3.05, 3.63) is 29.8 Å². The zero-order chi connectivity index (χ0) is 25.7. The second kappa shape index (κ2) is 14.1. The third kappa shape index (κ3) is 10.1. The van der Waals surface area contributed by atoms with E-state index in [-0.39, 0.29) is 37.4 Å². The molecular weight excluding hydrogens is 442 g/mol. The normalized spacial score (nSPS) is 11.8. The number of nitrogens with zero attached hydrogens (tertiary/aromatic N) is 1. The van der Waals surface area contributed by atoms with Crippen molar-refractivity contribution in [2.45, 2.75) is 65.5 Å². The molecule has 0 fully saturated rings. The Morgan fingerprint density at radius 2 is 1.76 bits per heavy atom. The average molecular weight is 480 g/mol. The van der Waals surface area contributed by atoms with E-state index >= 15 is 0 Å². The van der Waals surface area contributed by atoms with Crippen molar-refractivity contribution in [1.82, 2.24) is 15.5 Å². The third-order valence-corrected chi connectivity index (χ3v) is 4.58. The predicted molar refractivity (Wildman–Crippen MR) is 126 cm³/mol. The van der Waals surface area contributed by atoms with Gasteiger partial charge in [0.2, 0.25) is 11.8 Å². The molecule has 0 aliphatic heterocycles. The van der Waals surface area contributed by atoms with E-state index in [9.17, 15) is 24.3 Å². The van der Waals surface area contributed by atoms with Crippen molar-refractivity contribution in [2.75, 3.05) is 26.2 Å². The summed E-state index contributed by atoms with van der Waals surface area (Å²) < 4.78 is 10.0. The van der Waals surface area contributed by atoms with Crippen LogP contribution in [0.3, 0.4) is 0 Å². The monoisotopic (exact) mass is 479 g/mol. The molecule has 0 saturated heterocycles. The van der Waals surface area contributed by atoms with Crippen LogP contribution in [0.4, 0.5) is 4.79 Å². The van der Waals surface area contributed by atoms with E-state index in [1.807, 2.05) is 6.92 Å². The molecule has 1 unspecified atom stereocenters. The van der Waals surface area contributed by atoms with Crippen LogP contribution in [0.2, 0.25) is 0 Å². The van der Waals surface area contributed by atoms with Gasteiger partial charge in [0, 0.05) is 18.7 Å². The first-order valence-corrected chi connectivity index (χ1v) is 11.5. The van der Waals surface area contributed by atoms with E-state index in [0.717, 1.165) is 6.42 Å². The van der Waals surface area contributed by atoms with Crippen LogP contribution in [-0.2, 0) is 23.9 Å². The van der Waals surface area contributed by atoms with Crippen molar-refractivity contribution in [3.63, 3.8) is 0 Å². The van der Waals surface area contributed by atoms with Gasteiger partial charge in [-0.15, -0.1) is 0 Å². The molecule has 0 spiro atoms. The highest BCUT2D eigenvalue weighted by Gasteiger charge is 2.33. The summed E-state index contributed by atoms with van der Waals surface area (Å²) in [5.74, 6) is -1.69. The van der Waals surface area contributed by atoms with Gasteiger partial charge in [0.25, 0.3) is 0 Å². The lowest BCUT2D eigenvalue weighted by Gasteiger charge is -2.32. The number of hydrogen-bond donors (Lipinski definition) is 3. The van der Waals surface area contributed by atoms with Gasteiger partial charge in [-0.1, -0.05) is 31.5 Å². The fourth-order valence-corrected chi connectivity index (χ4v) is 3.08. The highest BCUT2D eigenvalue weighted by Crippen LogP contribution is 2.29. The van der Waals surface area contributed by atoms with Crippen molar-refractivity contribution in [3.8, 4) is 5.75 Å². The van der Waals surface area contributed by atoms with Crippen molar-refractivity contribution in [1.29, 1.82) is 0 Å². The summed E-state index contributed by atoms with van der Waals surface area (Å²) in [6, 6.07) is 5.07. The molecule has 0 saturated carbocycles. The largest absolute Gasteiger partial charge is 0.508 e. The number of unbranched alkanes of at least 4 members (excludes halogenated alkanes) is 1. The lowest BCUT2D eigenvalue weighted by molar-refractivity contribution is -0.143. The summed E-state index contributed by atoms with van der Waals surface area (Å²) in [4.78, 5) is 51.3. The second-order valence-electron chi connectivity index (χ2n) is 8.60. The van der Waals surface area contributed by atoms with Gasteiger partial charge >= 0.3 is 12.1 Å². The fraction of sp³-hybridized carbons (Fsp3) is 0.583. The molecule has 0 aliphatic carbocycles.